The van der Waals surface area contributed by atoms with Crippen molar-refractivity contribution < 1.29 is 9.26 Å². The molecular weight excluding hydrogens is 282 g/mol. The standard InChI is InChI=1S/C15H21N5O2/c1-11(15-17-14(18-22-15)12-3-4-12)19-7-8-21-13(9-19)10-20-6-2-5-16-20/h2,5-6,11-13H,3-4,7-10H2,1H3/t11-,13+/m1/s1. The predicted molar refractivity (Wildman–Crippen MR) is 78.2 cm³/mol. The molecule has 0 radical (unpaired) electrons. The average Bonchev–Trinajstić information content (AvgIpc) is 3.06. The van der Waals surface area contributed by atoms with Crippen molar-refractivity contribution in [3.05, 3.63) is 30.2 Å². The van der Waals surface area contributed by atoms with E-state index in [1.54, 1.807) is 6.20 Å². The van der Waals surface area contributed by atoms with Crippen molar-refractivity contribution in [2.75, 3.05) is 19.7 Å². The van der Waals surface area contributed by atoms with Gasteiger partial charge in [0.1, 0.15) is 0 Å². The second-order valence-corrected chi connectivity index (χ2v) is 6.16. The summed E-state index contributed by atoms with van der Waals surface area (Å²) in [6.45, 7) is 5.35. The molecule has 0 bridgehead atoms. The summed E-state index contributed by atoms with van der Waals surface area (Å²) in [6, 6.07) is 2.06. The second kappa shape index (κ2) is 5.81. The summed E-state index contributed by atoms with van der Waals surface area (Å²) in [5, 5.41) is 8.36. The minimum Gasteiger partial charge on any atom is -0.374 e. The van der Waals surface area contributed by atoms with Crippen molar-refractivity contribution in [3.63, 3.8) is 0 Å². The summed E-state index contributed by atoms with van der Waals surface area (Å²) in [4.78, 5) is 6.92. The van der Waals surface area contributed by atoms with E-state index in [9.17, 15) is 0 Å². The maximum atomic E-state index is 5.85. The zero-order valence-corrected chi connectivity index (χ0v) is 12.8. The summed E-state index contributed by atoms with van der Waals surface area (Å²) in [5.41, 5.74) is 0. The summed E-state index contributed by atoms with van der Waals surface area (Å²) >= 11 is 0. The van der Waals surface area contributed by atoms with Gasteiger partial charge in [-0.25, -0.2) is 0 Å². The molecule has 0 N–H and O–H groups in total. The molecule has 7 nitrogen and oxygen atoms in total. The minimum atomic E-state index is 0.129. The lowest BCUT2D eigenvalue weighted by Crippen LogP contribution is -2.45. The van der Waals surface area contributed by atoms with Crippen LogP contribution in [0.3, 0.4) is 0 Å². The highest BCUT2D eigenvalue weighted by Crippen LogP contribution is 2.38. The molecule has 2 fully saturated rings. The van der Waals surface area contributed by atoms with Gasteiger partial charge in [-0.2, -0.15) is 10.1 Å². The molecule has 1 aliphatic heterocycles. The number of hydrogen-bond donors (Lipinski definition) is 0. The highest BCUT2D eigenvalue weighted by Gasteiger charge is 2.32. The number of rotatable bonds is 5. The van der Waals surface area contributed by atoms with Crippen LogP contribution < -0.4 is 0 Å². The molecule has 0 aromatic carbocycles. The van der Waals surface area contributed by atoms with E-state index in [4.69, 9.17) is 9.26 Å². The molecule has 1 aliphatic carbocycles. The van der Waals surface area contributed by atoms with Gasteiger partial charge in [0.25, 0.3) is 0 Å². The molecule has 2 atom stereocenters. The van der Waals surface area contributed by atoms with Crippen LogP contribution in [0.4, 0.5) is 0 Å². The normalized spacial score (nSPS) is 24.5. The van der Waals surface area contributed by atoms with Crippen molar-refractivity contribution in [1.82, 2.24) is 24.8 Å². The Morgan fingerprint density at radius 2 is 2.32 bits per heavy atom. The van der Waals surface area contributed by atoms with E-state index in [1.807, 2.05) is 16.9 Å². The van der Waals surface area contributed by atoms with Crippen LogP contribution >= 0.6 is 0 Å². The van der Waals surface area contributed by atoms with Crippen LogP contribution in [0, 0.1) is 0 Å². The number of morpholine rings is 1. The maximum Gasteiger partial charge on any atom is 0.243 e. The van der Waals surface area contributed by atoms with E-state index in [1.165, 1.54) is 12.8 Å². The summed E-state index contributed by atoms with van der Waals surface area (Å²) in [7, 11) is 0. The number of nitrogens with zero attached hydrogens (tertiary/aromatic N) is 5. The number of ether oxygens (including phenoxy) is 1. The monoisotopic (exact) mass is 303 g/mol. The molecule has 22 heavy (non-hydrogen) atoms. The molecule has 4 rings (SSSR count). The molecule has 2 aromatic rings. The van der Waals surface area contributed by atoms with Gasteiger partial charge in [-0.1, -0.05) is 5.16 Å². The fraction of sp³-hybridized carbons (Fsp3) is 0.667. The predicted octanol–water partition coefficient (Wildman–Crippen LogP) is 1.61. The van der Waals surface area contributed by atoms with Gasteiger partial charge >= 0.3 is 0 Å². The minimum absolute atomic E-state index is 0.129. The van der Waals surface area contributed by atoms with E-state index in [2.05, 4.69) is 27.1 Å². The third-order valence-electron chi connectivity index (χ3n) is 4.43. The quantitative estimate of drug-likeness (QED) is 0.836. The van der Waals surface area contributed by atoms with Gasteiger partial charge in [-0.05, 0) is 25.8 Å². The lowest BCUT2D eigenvalue weighted by atomic mass is 10.2. The fourth-order valence-corrected chi connectivity index (χ4v) is 2.90. The molecule has 7 heteroatoms. The third kappa shape index (κ3) is 2.91. The number of hydrogen-bond acceptors (Lipinski definition) is 6. The molecule has 1 saturated heterocycles. The largest absolute Gasteiger partial charge is 0.374 e. The fourth-order valence-electron chi connectivity index (χ4n) is 2.90. The molecule has 1 saturated carbocycles. The smallest absolute Gasteiger partial charge is 0.243 e. The van der Waals surface area contributed by atoms with Crippen molar-refractivity contribution in [2.45, 2.75) is 44.4 Å². The van der Waals surface area contributed by atoms with Crippen LogP contribution in [0.15, 0.2) is 23.0 Å². The SMILES string of the molecule is C[C@H](c1nc(C2CC2)no1)N1CCO[C@H](Cn2cccn2)C1. The summed E-state index contributed by atoms with van der Waals surface area (Å²) in [5.74, 6) is 2.13. The van der Waals surface area contributed by atoms with E-state index >= 15 is 0 Å². The van der Waals surface area contributed by atoms with Crippen LogP contribution in [-0.4, -0.2) is 50.6 Å². The Morgan fingerprint density at radius 1 is 1.41 bits per heavy atom. The second-order valence-electron chi connectivity index (χ2n) is 6.16. The molecule has 2 aromatic heterocycles. The Balaban J connectivity index is 1.39. The average molecular weight is 303 g/mol. The number of aromatic nitrogens is 4. The first kappa shape index (κ1) is 13.9. The van der Waals surface area contributed by atoms with Gasteiger partial charge in [0, 0.05) is 31.4 Å². The Labute approximate surface area is 129 Å². The third-order valence-corrected chi connectivity index (χ3v) is 4.43. The zero-order chi connectivity index (χ0) is 14.9. The lowest BCUT2D eigenvalue weighted by Gasteiger charge is -2.35. The van der Waals surface area contributed by atoms with Crippen molar-refractivity contribution in [2.24, 2.45) is 0 Å². The first-order chi connectivity index (χ1) is 10.8. The highest BCUT2D eigenvalue weighted by atomic mass is 16.5. The first-order valence-electron chi connectivity index (χ1n) is 7.96. The van der Waals surface area contributed by atoms with Crippen molar-refractivity contribution in [3.8, 4) is 0 Å². The van der Waals surface area contributed by atoms with Gasteiger partial charge in [-0.3, -0.25) is 9.58 Å². The van der Waals surface area contributed by atoms with Gasteiger partial charge in [0.05, 0.1) is 25.3 Å². The molecule has 3 heterocycles. The molecule has 0 amide bonds. The van der Waals surface area contributed by atoms with Crippen LogP contribution in [0.25, 0.3) is 0 Å². The van der Waals surface area contributed by atoms with Gasteiger partial charge in [-0.15, -0.1) is 0 Å². The Hall–Kier alpha value is -1.73. The van der Waals surface area contributed by atoms with Crippen LogP contribution in [0.5, 0.6) is 0 Å². The van der Waals surface area contributed by atoms with Crippen LogP contribution in [-0.2, 0) is 11.3 Å². The van der Waals surface area contributed by atoms with E-state index in [0.717, 1.165) is 38.0 Å². The van der Waals surface area contributed by atoms with E-state index in [-0.39, 0.29) is 12.1 Å². The summed E-state index contributed by atoms with van der Waals surface area (Å²) in [6.07, 6.45) is 6.28. The van der Waals surface area contributed by atoms with Gasteiger partial charge < -0.3 is 9.26 Å². The van der Waals surface area contributed by atoms with Crippen molar-refractivity contribution in [1.29, 1.82) is 0 Å². The van der Waals surface area contributed by atoms with Gasteiger partial charge in [0.2, 0.25) is 5.89 Å². The van der Waals surface area contributed by atoms with Gasteiger partial charge in [0.15, 0.2) is 5.82 Å². The van der Waals surface area contributed by atoms with Crippen molar-refractivity contribution >= 4 is 0 Å². The topological polar surface area (TPSA) is 69.2 Å². The Kier molecular flexibility index (Phi) is 3.67. The lowest BCUT2D eigenvalue weighted by molar-refractivity contribution is -0.0532. The van der Waals surface area contributed by atoms with Crippen LogP contribution in [0.1, 0.15) is 43.4 Å². The van der Waals surface area contributed by atoms with E-state index < -0.39 is 0 Å². The molecule has 2 aliphatic rings. The molecular formula is C15H21N5O2. The van der Waals surface area contributed by atoms with E-state index in [0.29, 0.717) is 5.92 Å². The highest BCUT2D eigenvalue weighted by molar-refractivity contribution is 5.04. The zero-order valence-electron chi connectivity index (χ0n) is 12.8. The molecule has 118 valence electrons. The molecule has 0 spiro atoms. The van der Waals surface area contributed by atoms with Crippen LogP contribution in [0.2, 0.25) is 0 Å². The Bertz CT molecular complexity index is 607. The first-order valence-corrected chi connectivity index (χ1v) is 7.96. The summed E-state index contributed by atoms with van der Waals surface area (Å²) < 4.78 is 13.2. The maximum absolute atomic E-state index is 5.85. The molecule has 0 unspecified atom stereocenters. The Morgan fingerprint density at radius 3 is 3.09 bits per heavy atom.